The van der Waals surface area contributed by atoms with E-state index in [4.69, 9.17) is 4.74 Å². The van der Waals surface area contributed by atoms with Crippen molar-refractivity contribution < 1.29 is 13.9 Å². The van der Waals surface area contributed by atoms with Crippen LogP contribution in [-0.4, -0.2) is 44.6 Å². The average Bonchev–Trinajstić information content (AvgIpc) is 2.69. The Bertz CT molecular complexity index is 770. The molecule has 0 atom stereocenters. The molecule has 1 fully saturated rings. The zero-order valence-electron chi connectivity index (χ0n) is 16.0. The number of anilines is 1. The summed E-state index contributed by atoms with van der Waals surface area (Å²) in [5.74, 6) is 0.595. The van der Waals surface area contributed by atoms with Crippen molar-refractivity contribution in [2.45, 2.75) is 19.3 Å². The SMILES string of the molecule is CN(C)c1cccc(C(=O)N2CCC(CCOc3ccccc3F)CC2)c1. The number of hydrogen-bond acceptors (Lipinski definition) is 3. The van der Waals surface area contributed by atoms with Gasteiger partial charge in [0.25, 0.3) is 5.91 Å². The molecule has 1 saturated heterocycles. The molecule has 0 saturated carbocycles. The number of para-hydroxylation sites is 1. The van der Waals surface area contributed by atoms with Crippen molar-refractivity contribution >= 4 is 11.6 Å². The van der Waals surface area contributed by atoms with Crippen LogP contribution in [0.5, 0.6) is 5.75 Å². The number of benzene rings is 2. The van der Waals surface area contributed by atoms with Gasteiger partial charge in [-0.1, -0.05) is 18.2 Å². The van der Waals surface area contributed by atoms with Crippen LogP contribution in [0.3, 0.4) is 0 Å². The average molecular weight is 370 g/mol. The molecule has 2 aromatic carbocycles. The topological polar surface area (TPSA) is 32.8 Å². The number of nitrogens with zero attached hydrogens (tertiary/aromatic N) is 2. The number of halogens is 1. The van der Waals surface area contributed by atoms with Crippen LogP contribution >= 0.6 is 0 Å². The molecule has 3 rings (SSSR count). The van der Waals surface area contributed by atoms with Gasteiger partial charge in [-0.25, -0.2) is 4.39 Å². The number of ether oxygens (including phenoxy) is 1. The summed E-state index contributed by atoms with van der Waals surface area (Å²) < 4.78 is 19.1. The lowest BCUT2D eigenvalue weighted by molar-refractivity contribution is 0.0679. The molecule has 1 heterocycles. The third-order valence-corrected chi connectivity index (χ3v) is 5.13. The Balaban J connectivity index is 1.46. The Labute approximate surface area is 160 Å². The van der Waals surface area contributed by atoms with Crippen LogP contribution in [0, 0.1) is 11.7 Å². The summed E-state index contributed by atoms with van der Waals surface area (Å²) in [6, 6.07) is 14.2. The van der Waals surface area contributed by atoms with E-state index in [0.29, 0.717) is 18.3 Å². The highest BCUT2D eigenvalue weighted by Gasteiger charge is 2.24. The Kier molecular flexibility index (Phi) is 6.32. The maximum absolute atomic E-state index is 13.6. The molecule has 144 valence electrons. The maximum atomic E-state index is 13.6. The van der Waals surface area contributed by atoms with Gasteiger partial charge >= 0.3 is 0 Å². The summed E-state index contributed by atoms with van der Waals surface area (Å²) in [6.07, 6.45) is 2.80. The molecule has 0 unspecified atom stereocenters. The first kappa shape index (κ1) is 19.2. The minimum absolute atomic E-state index is 0.0970. The van der Waals surface area contributed by atoms with Crippen molar-refractivity contribution in [3.63, 3.8) is 0 Å². The van der Waals surface area contributed by atoms with Gasteiger partial charge in [0.1, 0.15) is 0 Å². The first-order valence-corrected chi connectivity index (χ1v) is 9.48. The molecular weight excluding hydrogens is 343 g/mol. The standard InChI is InChI=1S/C22H27FN2O2/c1-24(2)19-7-5-6-18(16-19)22(26)25-13-10-17(11-14-25)12-15-27-21-9-4-3-8-20(21)23/h3-9,16-17H,10-15H2,1-2H3. The fraction of sp³-hybridized carbons (Fsp3) is 0.409. The molecule has 0 spiro atoms. The van der Waals surface area contributed by atoms with Gasteiger partial charge in [-0.3, -0.25) is 4.79 Å². The van der Waals surface area contributed by atoms with E-state index in [1.807, 2.05) is 48.2 Å². The fourth-order valence-electron chi connectivity index (χ4n) is 3.42. The molecule has 5 heteroatoms. The van der Waals surface area contributed by atoms with Gasteiger partial charge in [0, 0.05) is 38.4 Å². The molecule has 0 radical (unpaired) electrons. The third-order valence-electron chi connectivity index (χ3n) is 5.13. The number of amides is 1. The van der Waals surface area contributed by atoms with E-state index in [9.17, 15) is 9.18 Å². The summed E-state index contributed by atoms with van der Waals surface area (Å²) in [6.45, 7) is 2.02. The summed E-state index contributed by atoms with van der Waals surface area (Å²) in [5.41, 5.74) is 1.77. The van der Waals surface area contributed by atoms with Gasteiger partial charge in [0.15, 0.2) is 11.6 Å². The van der Waals surface area contributed by atoms with Crippen molar-refractivity contribution in [2.75, 3.05) is 38.7 Å². The van der Waals surface area contributed by atoms with Crippen molar-refractivity contribution in [1.29, 1.82) is 0 Å². The van der Waals surface area contributed by atoms with Crippen LogP contribution in [0.25, 0.3) is 0 Å². The summed E-state index contributed by atoms with van der Waals surface area (Å²) in [7, 11) is 3.94. The van der Waals surface area contributed by atoms with Gasteiger partial charge in [-0.15, -0.1) is 0 Å². The molecule has 0 N–H and O–H groups in total. The van der Waals surface area contributed by atoms with Crippen LogP contribution in [0.2, 0.25) is 0 Å². The number of rotatable bonds is 6. The molecule has 2 aromatic rings. The second kappa shape index (κ2) is 8.89. The van der Waals surface area contributed by atoms with E-state index in [1.54, 1.807) is 18.2 Å². The number of carbonyl (C=O) groups is 1. The number of carbonyl (C=O) groups excluding carboxylic acids is 1. The predicted octanol–water partition coefficient (Wildman–Crippen LogP) is 4.21. The number of hydrogen-bond donors (Lipinski definition) is 0. The lowest BCUT2D eigenvalue weighted by Gasteiger charge is -2.32. The molecule has 1 amide bonds. The maximum Gasteiger partial charge on any atom is 0.253 e. The lowest BCUT2D eigenvalue weighted by atomic mass is 9.93. The van der Waals surface area contributed by atoms with E-state index in [-0.39, 0.29) is 11.7 Å². The smallest absolute Gasteiger partial charge is 0.253 e. The van der Waals surface area contributed by atoms with Crippen LogP contribution in [0.4, 0.5) is 10.1 Å². The highest BCUT2D eigenvalue weighted by molar-refractivity contribution is 5.95. The molecule has 1 aliphatic rings. The van der Waals surface area contributed by atoms with E-state index in [0.717, 1.165) is 43.6 Å². The van der Waals surface area contributed by atoms with Crippen LogP contribution < -0.4 is 9.64 Å². The summed E-state index contributed by atoms with van der Waals surface area (Å²) in [5, 5.41) is 0. The van der Waals surface area contributed by atoms with Crippen molar-refractivity contribution in [3.05, 3.63) is 59.9 Å². The van der Waals surface area contributed by atoms with Gasteiger partial charge in [-0.05, 0) is 55.5 Å². The second-order valence-electron chi connectivity index (χ2n) is 7.25. The van der Waals surface area contributed by atoms with E-state index in [2.05, 4.69) is 0 Å². The minimum atomic E-state index is -0.321. The van der Waals surface area contributed by atoms with E-state index >= 15 is 0 Å². The zero-order valence-corrected chi connectivity index (χ0v) is 16.0. The molecule has 1 aliphatic heterocycles. The zero-order chi connectivity index (χ0) is 19.2. The normalized spacial score (nSPS) is 14.9. The molecule has 0 aliphatic carbocycles. The highest BCUT2D eigenvalue weighted by Crippen LogP contribution is 2.24. The van der Waals surface area contributed by atoms with Crippen LogP contribution in [0.15, 0.2) is 48.5 Å². The third kappa shape index (κ3) is 5.00. The fourth-order valence-corrected chi connectivity index (χ4v) is 3.42. The summed E-state index contributed by atoms with van der Waals surface area (Å²) >= 11 is 0. The largest absolute Gasteiger partial charge is 0.491 e. The highest BCUT2D eigenvalue weighted by atomic mass is 19.1. The van der Waals surface area contributed by atoms with Gasteiger partial charge < -0.3 is 14.5 Å². The monoisotopic (exact) mass is 370 g/mol. The Morgan fingerprint density at radius 1 is 1.15 bits per heavy atom. The molecular formula is C22H27FN2O2. The Hall–Kier alpha value is -2.56. The minimum Gasteiger partial charge on any atom is -0.491 e. The molecule has 4 nitrogen and oxygen atoms in total. The van der Waals surface area contributed by atoms with Crippen LogP contribution in [0.1, 0.15) is 29.6 Å². The van der Waals surface area contributed by atoms with Crippen LogP contribution in [-0.2, 0) is 0 Å². The number of likely N-dealkylation sites (tertiary alicyclic amines) is 1. The Morgan fingerprint density at radius 2 is 1.89 bits per heavy atom. The van der Waals surface area contributed by atoms with Gasteiger partial charge in [0.05, 0.1) is 6.61 Å². The van der Waals surface area contributed by atoms with E-state index in [1.165, 1.54) is 6.07 Å². The predicted molar refractivity (Wildman–Crippen MR) is 106 cm³/mol. The Morgan fingerprint density at radius 3 is 2.59 bits per heavy atom. The molecule has 27 heavy (non-hydrogen) atoms. The quantitative estimate of drug-likeness (QED) is 0.763. The number of piperidine rings is 1. The first-order chi connectivity index (χ1) is 13.0. The first-order valence-electron chi connectivity index (χ1n) is 9.48. The van der Waals surface area contributed by atoms with E-state index < -0.39 is 0 Å². The second-order valence-corrected chi connectivity index (χ2v) is 7.25. The van der Waals surface area contributed by atoms with Crippen molar-refractivity contribution in [2.24, 2.45) is 5.92 Å². The van der Waals surface area contributed by atoms with Crippen molar-refractivity contribution in [1.82, 2.24) is 4.90 Å². The lowest BCUT2D eigenvalue weighted by Crippen LogP contribution is -2.38. The van der Waals surface area contributed by atoms with Gasteiger partial charge in [0.2, 0.25) is 0 Å². The van der Waals surface area contributed by atoms with Crippen molar-refractivity contribution in [3.8, 4) is 5.75 Å². The van der Waals surface area contributed by atoms with Gasteiger partial charge in [-0.2, -0.15) is 0 Å². The molecule has 0 bridgehead atoms. The molecule has 0 aromatic heterocycles. The summed E-state index contributed by atoms with van der Waals surface area (Å²) in [4.78, 5) is 16.7.